The molecule has 2 atom stereocenters. The molecule has 2 aliphatic heterocycles. The van der Waals surface area contributed by atoms with Crippen LogP contribution in [0.2, 0.25) is 0 Å². The van der Waals surface area contributed by atoms with Gasteiger partial charge in [-0.1, -0.05) is 12.1 Å². The van der Waals surface area contributed by atoms with Crippen LogP contribution in [0.4, 0.5) is 0 Å². The Hall–Kier alpha value is -2.62. The Morgan fingerprint density at radius 3 is 2.87 bits per heavy atom. The standard InChI is InChI=1S/C22H28N6O3/c1-14-5-6-16-12-18(22(29)23-19(16)15(14)2)20(27-7-10-30-11-8-27)21-24-25-26-28(21)13-17-4-3-9-31-17/h5-6,12,17,20H,3-4,7-11,13H2,1-2H3,(H,23,29)/p+1/t17-,20-/m0/s1. The van der Waals surface area contributed by atoms with Gasteiger partial charge in [-0.15, -0.1) is 5.10 Å². The van der Waals surface area contributed by atoms with Crippen LogP contribution in [0.1, 0.15) is 41.4 Å². The van der Waals surface area contributed by atoms with Gasteiger partial charge < -0.3 is 19.4 Å². The smallest absolute Gasteiger partial charge is 0.258 e. The molecule has 0 aliphatic carbocycles. The number of nitrogens with zero attached hydrogens (tertiary/aromatic N) is 4. The van der Waals surface area contributed by atoms with Gasteiger partial charge >= 0.3 is 0 Å². The molecule has 0 amide bonds. The van der Waals surface area contributed by atoms with Crippen molar-refractivity contribution in [3.05, 3.63) is 51.1 Å². The second kappa shape index (κ2) is 8.49. The molecule has 0 saturated carbocycles. The highest BCUT2D eigenvalue weighted by atomic mass is 16.5. The molecule has 0 radical (unpaired) electrons. The van der Waals surface area contributed by atoms with Gasteiger partial charge in [-0.05, 0) is 59.7 Å². The number of morpholine rings is 1. The summed E-state index contributed by atoms with van der Waals surface area (Å²) in [5, 5.41) is 13.6. The number of nitrogens with one attached hydrogen (secondary N) is 2. The van der Waals surface area contributed by atoms with Crippen LogP contribution in [0, 0.1) is 13.8 Å². The first-order chi connectivity index (χ1) is 15.1. The quantitative estimate of drug-likeness (QED) is 0.611. The molecule has 2 fully saturated rings. The number of aryl methyl sites for hydroxylation is 2. The van der Waals surface area contributed by atoms with Gasteiger partial charge in [-0.3, -0.25) is 4.79 Å². The van der Waals surface area contributed by atoms with Crippen molar-refractivity contribution >= 4 is 10.9 Å². The normalized spacial score (nSPS) is 21.0. The largest absolute Gasteiger partial charge is 0.376 e. The van der Waals surface area contributed by atoms with Crippen LogP contribution in [0.25, 0.3) is 10.9 Å². The molecule has 0 unspecified atom stereocenters. The van der Waals surface area contributed by atoms with E-state index in [0.29, 0.717) is 31.1 Å². The summed E-state index contributed by atoms with van der Waals surface area (Å²) in [7, 11) is 0. The fourth-order valence-corrected chi connectivity index (χ4v) is 4.75. The van der Waals surface area contributed by atoms with Crippen molar-refractivity contribution < 1.29 is 14.4 Å². The molecule has 2 N–H and O–H groups in total. The first-order valence-corrected chi connectivity index (χ1v) is 11.0. The SMILES string of the molecule is Cc1ccc2cc([C@@H](c3nnnn3C[C@@H]3CCCO3)[NH+]3CCOCC3)c(=O)[nH]c2c1C. The van der Waals surface area contributed by atoms with Crippen LogP contribution >= 0.6 is 0 Å². The van der Waals surface area contributed by atoms with Gasteiger partial charge in [0.1, 0.15) is 13.1 Å². The van der Waals surface area contributed by atoms with E-state index in [4.69, 9.17) is 9.47 Å². The fraction of sp³-hybridized carbons (Fsp3) is 0.545. The molecular formula is C22H29N6O3+. The van der Waals surface area contributed by atoms with Gasteiger partial charge in [0.25, 0.3) is 5.56 Å². The maximum absolute atomic E-state index is 13.3. The topological polar surface area (TPSA) is 99.4 Å². The summed E-state index contributed by atoms with van der Waals surface area (Å²) in [6, 6.07) is 5.91. The van der Waals surface area contributed by atoms with Crippen LogP contribution in [-0.2, 0) is 16.0 Å². The van der Waals surface area contributed by atoms with Gasteiger partial charge in [-0.2, -0.15) is 0 Å². The molecule has 3 aromatic rings. The third kappa shape index (κ3) is 3.88. The number of aromatic nitrogens is 5. The van der Waals surface area contributed by atoms with Crippen LogP contribution in [0.5, 0.6) is 0 Å². The van der Waals surface area contributed by atoms with E-state index >= 15 is 0 Å². The number of tetrazole rings is 1. The Kier molecular flexibility index (Phi) is 5.56. The number of rotatable bonds is 5. The van der Waals surface area contributed by atoms with Crippen molar-refractivity contribution in [3.63, 3.8) is 0 Å². The second-order valence-electron chi connectivity index (χ2n) is 8.58. The van der Waals surface area contributed by atoms with Gasteiger partial charge in [0, 0.05) is 6.61 Å². The van der Waals surface area contributed by atoms with E-state index in [1.165, 1.54) is 4.90 Å². The predicted molar refractivity (Wildman–Crippen MR) is 114 cm³/mol. The third-order valence-corrected chi connectivity index (χ3v) is 6.65. The number of benzene rings is 1. The number of aromatic amines is 1. The van der Waals surface area contributed by atoms with Crippen LogP contribution in [0.3, 0.4) is 0 Å². The maximum atomic E-state index is 13.3. The van der Waals surface area contributed by atoms with Crippen molar-refractivity contribution in [1.82, 2.24) is 25.2 Å². The Bertz CT molecular complexity index is 1130. The number of fused-ring (bicyclic) bond motifs is 1. The zero-order valence-corrected chi connectivity index (χ0v) is 18.1. The highest BCUT2D eigenvalue weighted by Gasteiger charge is 2.35. The number of ether oxygens (including phenoxy) is 2. The van der Waals surface area contributed by atoms with Gasteiger partial charge in [0.2, 0.25) is 5.82 Å². The van der Waals surface area contributed by atoms with Crippen molar-refractivity contribution in [2.75, 3.05) is 32.9 Å². The van der Waals surface area contributed by atoms with E-state index in [-0.39, 0.29) is 17.7 Å². The molecular weight excluding hydrogens is 396 g/mol. The summed E-state index contributed by atoms with van der Waals surface area (Å²) in [4.78, 5) is 17.7. The molecule has 0 bridgehead atoms. The van der Waals surface area contributed by atoms with E-state index in [0.717, 1.165) is 54.6 Å². The Morgan fingerprint density at radius 1 is 1.26 bits per heavy atom. The van der Waals surface area contributed by atoms with E-state index in [9.17, 15) is 4.79 Å². The minimum absolute atomic E-state index is 0.0862. The first kappa shape index (κ1) is 20.3. The minimum atomic E-state index is -0.268. The van der Waals surface area contributed by atoms with Crippen LogP contribution < -0.4 is 10.5 Å². The fourth-order valence-electron chi connectivity index (χ4n) is 4.75. The average molecular weight is 426 g/mol. The molecule has 31 heavy (non-hydrogen) atoms. The van der Waals surface area contributed by atoms with E-state index in [2.05, 4.69) is 39.6 Å². The molecule has 2 saturated heterocycles. The average Bonchev–Trinajstić information content (AvgIpc) is 3.46. The highest BCUT2D eigenvalue weighted by Crippen LogP contribution is 2.23. The van der Waals surface area contributed by atoms with Crippen molar-refractivity contribution in [3.8, 4) is 0 Å². The summed E-state index contributed by atoms with van der Waals surface area (Å²) in [5.74, 6) is 0.709. The number of hydrogen-bond donors (Lipinski definition) is 2. The lowest BCUT2D eigenvalue weighted by atomic mass is 10.00. The molecule has 9 nitrogen and oxygen atoms in total. The highest BCUT2D eigenvalue weighted by molar-refractivity contribution is 5.83. The molecule has 0 spiro atoms. The Morgan fingerprint density at radius 2 is 2.10 bits per heavy atom. The van der Waals surface area contributed by atoms with Crippen molar-refractivity contribution in [2.45, 2.75) is 45.4 Å². The molecule has 164 valence electrons. The lowest BCUT2D eigenvalue weighted by Crippen LogP contribution is -3.14. The van der Waals surface area contributed by atoms with Crippen molar-refractivity contribution in [2.24, 2.45) is 0 Å². The molecule has 4 heterocycles. The summed E-state index contributed by atoms with van der Waals surface area (Å²) >= 11 is 0. The maximum Gasteiger partial charge on any atom is 0.258 e. The molecule has 1 aromatic carbocycles. The monoisotopic (exact) mass is 425 g/mol. The lowest BCUT2D eigenvalue weighted by Gasteiger charge is -2.30. The molecule has 9 heteroatoms. The lowest BCUT2D eigenvalue weighted by molar-refractivity contribution is -0.933. The van der Waals surface area contributed by atoms with Gasteiger partial charge in [0.05, 0.1) is 36.9 Å². The summed E-state index contributed by atoms with van der Waals surface area (Å²) in [6.45, 7) is 8.38. The number of hydrogen-bond acceptors (Lipinski definition) is 6. The summed E-state index contributed by atoms with van der Waals surface area (Å²) in [6.07, 6.45) is 2.18. The zero-order valence-electron chi connectivity index (χ0n) is 18.1. The van der Waals surface area contributed by atoms with E-state index in [1.54, 1.807) is 0 Å². The third-order valence-electron chi connectivity index (χ3n) is 6.65. The first-order valence-electron chi connectivity index (χ1n) is 11.0. The number of pyridine rings is 1. The second-order valence-corrected chi connectivity index (χ2v) is 8.58. The van der Waals surface area contributed by atoms with Gasteiger partial charge in [0.15, 0.2) is 6.04 Å². The van der Waals surface area contributed by atoms with Gasteiger partial charge in [-0.25, -0.2) is 4.68 Å². The molecule has 2 aromatic heterocycles. The van der Waals surface area contributed by atoms with Crippen LogP contribution in [0.15, 0.2) is 23.0 Å². The van der Waals surface area contributed by atoms with Crippen molar-refractivity contribution in [1.29, 1.82) is 0 Å². The van der Waals surface area contributed by atoms with E-state index < -0.39 is 0 Å². The Balaban J connectivity index is 1.61. The number of H-pyrrole nitrogens is 1. The van der Waals surface area contributed by atoms with Crippen LogP contribution in [-0.4, -0.2) is 64.2 Å². The number of quaternary nitrogens is 1. The zero-order chi connectivity index (χ0) is 21.4. The molecule has 2 aliphatic rings. The summed E-state index contributed by atoms with van der Waals surface area (Å²) < 4.78 is 13.2. The Labute approximate surface area is 180 Å². The summed E-state index contributed by atoms with van der Waals surface area (Å²) in [5.41, 5.74) is 3.75. The van der Waals surface area contributed by atoms with E-state index in [1.807, 2.05) is 17.7 Å². The predicted octanol–water partition coefficient (Wildman–Crippen LogP) is 0.315. The minimum Gasteiger partial charge on any atom is -0.376 e. The molecule has 5 rings (SSSR count).